The van der Waals surface area contributed by atoms with E-state index in [1.165, 1.54) is 19.5 Å². The maximum Gasteiger partial charge on any atom is 0.237 e. The lowest BCUT2D eigenvalue weighted by molar-refractivity contribution is -0.122. The second-order valence-corrected chi connectivity index (χ2v) is 6.09. The molecule has 0 aliphatic carbocycles. The first-order valence-corrected chi connectivity index (χ1v) is 6.62. The summed E-state index contributed by atoms with van der Waals surface area (Å²) in [6.07, 6.45) is 2.93. The number of nitrogens with two attached hydrogens (primary N) is 2. The predicted molar refractivity (Wildman–Crippen MR) is 70.4 cm³/mol. The van der Waals surface area contributed by atoms with Gasteiger partial charge in [-0.05, 0) is 44.6 Å². The van der Waals surface area contributed by atoms with E-state index in [1.54, 1.807) is 6.92 Å². The van der Waals surface area contributed by atoms with E-state index >= 15 is 0 Å². The number of carbonyl (C=O) groups is 1. The Hall–Kier alpha value is -0.610. The molecule has 1 amide bonds. The Bertz CT molecular complexity index is 255. The average molecular weight is 241 g/mol. The van der Waals surface area contributed by atoms with Gasteiger partial charge in [0.2, 0.25) is 5.91 Å². The molecule has 1 rings (SSSR count). The van der Waals surface area contributed by atoms with Gasteiger partial charge < -0.3 is 16.4 Å². The van der Waals surface area contributed by atoms with E-state index in [2.05, 4.69) is 18.7 Å². The zero-order chi connectivity index (χ0) is 13.1. The number of nitrogens with zero attached hydrogens (tertiary/aromatic N) is 1. The Balaban J connectivity index is 2.29. The number of amides is 1. The Labute approximate surface area is 105 Å². The molecule has 0 aromatic rings. The first-order chi connectivity index (χ1) is 7.81. The highest BCUT2D eigenvalue weighted by molar-refractivity contribution is 5.83. The summed E-state index contributed by atoms with van der Waals surface area (Å²) in [6.45, 7) is 9.69. The first kappa shape index (κ1) is 14.5. The van der Waals surface area contributed by atoms with Crippen molar-refractivity contribution in [1.82, 2.24) is 4.90 Å². The van der Waals surface area contributed by atoms with Gasteiger partial charge in [0.1, 0.15) is 0 Å². The van der Waals surface area contributed by atoms with Crippen LogP contribution in [0.1, 0.15) is 40.0 Å². The van der Waals surface area contributed by atoms with Gasteiger partial charge in [-0.2, -0.15) is 0 Å². The molecule has 0 aromatic carbocycles. The Morgan fingerprint density at radius 1 is 1.35 bits per heavy atom. The lowest BCUT2D eigenvalue weighted by Crippen LogP contribution is -2.49. The van der Waals surface area contributed by atoms with Crippen LogP contribution >= 0.6 is 0 Å². The van der Waals surface area contributed by atoms with Crippen molar-refractivity contribution in [3.63, 3.8) is 0 Å². The van der Waals surface area contributed by atoms with Crippen LogP contribution in [0.5, 0.6) is 0 Å². The molecule has 3 atom stereocenters. The van der Waals surface area contributed by atoms with Crippen LogP contribution < -0.4 is 11.5 Å². The van der Waals surface area contributed by atoms with Crippen LogP contribution in [-0.4, -0.2) is 36.0 Å². The summed E-state index contributed by atoms with van der Waals surface area (Å²) in [4.78, 5) is 13.6. The summed E-state index contributed by atoms with van der Waals surface area (Å²) in [5.74, 6) is 1.15. The summed E-state index contributed by atoms with van der Waals surface area (Å²) in [5, 5.41) is 0. The molecule has 0 bridgehead atoms. The molecule has 0 saturated carbocycles. The van der Waals surface area contributed by atoms with E-state index in [9.17, 15) is 4.79 Å². The van der Waals surface area contributed by atoms with Crippen LogP contribution in [0.25, 0.3) is 0 Å². The van der Waals surface area contributed by atoms with Gasteiger partial charge >= 0.3 is 0 Å². The van der Waals surface area contributed by atoms with E-state index < -0.39 is 11.4 Å². The standard InChI is InChI=1S/C13H27N3O/c1-10-7-11(2)9-16(8-10)6-4-5-13(3,15)12(14)17/h10-11H,4-9,15H2,1-3H3,(H2,14,17). The number of primary amides is 1. The van der Waals surface area contributed by atoms with Gasteiger partial charge in [-0.25, -0.2) is 0 Å². The average Bonchev–Trinajstić information content (AvgIpc) is 2.15. The summed E-state index contributed by atoms with van der Waals surface area (Å²) in [5.41, 5.74) is 10.2. The Kier molecular flexibility index (Phi) is 4.95. The largest absolute Gasteiger partial charge is 0.368 e. The van der Waals surface area contributed by atoms with E-state index in [0.29, 0.717) is 6.42 Å². The van der Waals surface area contributed by atoms with Crippen molar-refractivity contribution >= 4 is 5.91 Å². The molecule has 17 heavy (non-hydrogen) atoms. The molecule has 0 radical (unpaired) electrons. The van der Waals surface area contributed by atoms with Crippen LogP contribution in [0.4, 0.5) is 0 Å². The summed E-state index contributed by atoms with van der Waals surface area (Å²) in [7, 11) is 0. The fraction of sp³-hybridized carbons (Fsp3) is 0.923. The Morgan fingerprint density at radius 3 is 2.35 bits per heavy atom. The molecule has 1 aliphatic heterocycles. The second-order valence-electron chi connectivity index (χ2n) is 6.09. The fourth-order valence-electron chi connectivity index (χ4n) is 2.77. The predicted octanol–water partition coefficient (Wildman–Crippen LogP) is 0.947. The van der Waals surface area contributed by atoms with E-state index in [0.717, 1.165) is 24.8 Å². The summed E-state index contributed by atoms with van der Waals surface area (Å²) in [6, 6.07) is 0. The van der Waals surface area contributed by atoms with Gasteiger partial charge in [-0.15, -0.1) is 0 Å². The second kappa shape index (κ2) is 5.83. The van der Waals surface area contributed by atoms with Crippen molar-refractivity contribution in [2.24, 2.45) is 23.3 Å². The third kappa shape index (κ3) is 4.64. The minimum Gasteiger partial charge on any atom is -0.368 e. The number of carbonyl (C=O) groups excluding carboxylic acids is 1. The SMILES string of the molecule is CC1CC(C)CN(CCCC(C)(N)C(N)=O)C1. The molecule has 0 aromatic heterocycles. The minimum atomic E-state index is -0.854. The molecule has 1 saturated heterocycles. The minimum absolute atomic E-state index is 0.405. The highest BCUT2D eigenvalue weighted by atomic mass is 16.1. The molecule has 4 nitrogen and oxygen atoms in total. The van der Waals surface area contributed by atoms with Gasteiger partial charge in [0, 0.05) is 13.1 Å². The normalized spacial score (nSPS) is 29.9. The van der Waals surface area contributed by atoms with Gasteiger partial charge in [0.15, 0.2) is 0 Å². The molecule has 4 N–H and O–H groups in total. The van der Waals surface area contributed by atoms with Gasteiger partial charge in [0.25, 0.3) is 0 Å². The highest BCUT2D eigenvalue weighted by Gasteiger charge is 2.26. The lowest BCUT2D eigenvalue weighted by atomic mass is 9.91. The summed E-state index contributed by atoms with van der Waals surface area (Å²) >= 11 is 0. The zero-order valence-electron chi connectivity index (χ0n) is 11.4. The maximum absolute atomic E-state index is 11.1. The first-order valence-electron chi connectivity index (χ1n) is 6.62. The smallest absolute Gasteiger partial charge is 0.237 e. The van der Waals surface area contributed by atoms with Crippen molar-refractivity contribution in [3.05, 3.63) is 0 Å². The van der Waals surface area contributed by atoms with E-state index in [4.69, 9.17) is 11.5 Å². The van der Waals surface area contributed by atoms with Crippen LogP contribution in [-0.2, 0) is 4.79 Å². The molecule has 0 spiro atoms. The van der Waals surface area contributed by atoms with Crippen molar-refractivity contribution < 1.29 is 4.79 Å². The van der Waals surface area contributed by atoms with Crippen LogP contribution in [0.2, 0.25) is 0 Å². The van der Waals surface area contributed by atoms with Crippen molar-refractivity contribution in [3.8, 4) is 0 Å². The van der Waals surface area contributed by atoms with E-state index in [-0.39, 0.29) is 0 Å². The zero-order valence-corrected chi connectivity index (χ0v) is 11.4. The fourth-order valence-corrected chi connectivity index (χ4v) is 2.77. The van der Waals surface area contributed by atoms with Gasteiger partial charge in [-0.3, -0.25) is 4.79 Å². The molecule has 3 unspecified atom stereocenters. The summed E-state index contributed by atoms with van der Waals surface area (Å²) < 4.78 is 0. The van der Waals surface area contributed by atoms with Gasteiger partial charge in [0.05, 0.1) is 5.54 Å². The molecular weight excluding hydrogens is 214 g/mol. The van der Waals surface area contributed by atoms with Crippen molar-refractivity contribution in [2.75, 3.05) is 19.6 Å². The monoisotopic (exact) mass is 241 g/mol. The number of hydrogen-bond acceptors (Lipinski definition) is 3. The van der Waals surface area contributed by atoms with E-state index in [1.807, 2.05) is 0 Å². The van der Waals surface area contributed by atoms with Crippen LogP contribution in [0, 0.1) is 11.8 Å². The molecular formula is C13H27N3O. The molecule has 1 aliphatic rings. The van der Waals surface area contributed by atoms with Crippen molar-refractivity contribution in [2.45, 2.75) is 45.6 Å². The molecule has 4 heteroatoms. The number of hydrogen-bond donors (Lipinski definition) is 2. The highest BCUT2D eigenvalue weighted by Crippen LogP contribution is 2.21. The van der Waals surface area contributed by atoms with Crippen LogP contribution in [0.3, 0.4) is 0 Å². The van der Waals surface area contributed by atoms with Crippen LogP contribution in [0.15, 0.2) is 0 Å². The quantitative estimate of drug-likeness (QED) is 0.752. The molecule has 1 fully saturated rings. The molecule has 100 valence electrons. The topological polar surface area (TPSA) is 72.3 Å². The van der Waals surface area contributed by atoms with Gasteiger partial charge in [-0.1, -0.05) is 13.8 Å². The number of rotatable bonds is 5. The third-order valence-electron chi connectivity index (χ3n) is 3.68. The maximum atomic E-state index is 11.1. The number of piperidine rings is 1. The number of likely N-dealkylation sites (tertiary alicyclic amines) is 1. The molecule has 1 heterocycles. The van der Waals surface area contributed by atoms with Crippen molar-refractivity contribution in [1.29, 1.82) is 0 Å². The third-order valence-corrected chi connectivity index (χ3v) is 3.68. The Morgan fingerprint density at radius 2 is 1.88 bits per heavy atom. The lowest BCUT2D eigenvalue weighted by Gasteiger charge is -2.35.